The minimum absolute atomic E-state index is 0.141. The van der Waals surface area contributed by atoms with Crippen LogP contribution in [0.1, 0.15) is 53.6 Å². The SMILES string of the molecule is CCOC(=O)c1c(C)[nH]c(C)c1C(=O)COC(=O)CNC(=O)c1ccc(C)s1. The lowest BCUT2D eigenvalue weighted by atomic mass is 10.1. The minimum Gasteiger partial charge on any atom is -0.462 e. The van der Waals surface area contributed by atoms with Crippen molar-refractivity contribution >= 4 is 35.0 Å². The Morgan fingerprint density at radius 2 is 1.71 bits per heavy atom. The molecule has 2 rings (SSSR count). The van der Waals surface area contributed by atoms with E-state index in [2.05, 4.69) is 10.3 Å². The number of ether oxygens (including phenoxy) is 2. The lowest BCUT2D eigenvalue weighted by molar-refractivity contribution is -0.141. The van der Waals surface area contributed by atoms with Crippen LogP contribution in [0.5, 0.6) is 0 Å². The summed E-state index contributed by atoms with van der Waals surface area (Å²) in [4.78, 5) is 52.7. The molecule has 2 aromatic heterocycles. The molecular formula is C19H22N2O6S. The number of Topliss-reactive ketones (excluding diaryl/α,β-unsaturated/α-hetero) is 1. The molecule has 0 aliphatic rings. The fraction of sp³-hybridized carbons (Fsp3) is 0.368. The number of hydrogen-bond acceptors (Lipinski definition) is 7. The zero-order chi connectivity index (χ0) is 20.8. The highest BCUT2D eigenvalue weighted by Gasteiger charge is 2.26. The summed E-state index contributed by atoms with van der Waals surface area (Å²) in [5.41, 5.74) is 1.27. The zero-order valence-electron chi connectivity index (χ0n) is 16.1. The second-order valence-corrected chi connectivity index (χ2v) is 7.31. The normalized spacial score (nSPS) is 10.4. The first-order valence-electron chi connectivity index (χ1n) is 8.64. The van der Waals surface area contributed by atoms with Crippen molar-refractivity contribution in [3.63, 3.8) is 0 Å². The number of nitrogens with one attached hydrogen (secondary N) is 2. The van der Waals surface area contributed by atoms with Gasteiger partial charge in [-0.05, 0) is 39.8 Å². The van der Waals surface area contributed by atoms with E-state index in [1.165, 1.54) is 11.3 Å². The maximum absolute atomic E-state index is 12.5. The predicted molar refractivity (Wildman–Crippen MR) is 103 cm³/mol. The summed E-state index contributed by atoms with van der Waals surface area (Å²) in [5, 5.41) is 2.44. The van der Waals surface area contributed by atoms with Crippen LogP contribution in [0.2, 0.25) is 0 Å². The molecule has 0 spiro atoms. The molecule has 0 atom stereocenters. The van der Waals surface area contributed by atoms with Crippen LogP contribution in [0.25, 0.3) is 0 Å². The van der Waals surface area contributed by atoms with Gasteiger partial charge in [0.25, 0.3) is 5.91 Å². The zero-order valence-corrected chi connectivity index (χ0v) is 17.0. The molecule has 28 heavy (non-hydrogen) atoms. The van der Waals surface area contributed by atoms with E-state index in [-0.39, 0.29) is 30.2 Å². The molecule has 9 heteroatoms. The number of esters is 2. The Hall–Kier alpha value is -2.94. The molecule has 2 aromatic rings. The molecule has 0 aliphatic heterocycles. The Morgan fingerprint density at radius 3 is 2.32 bits per heavy atom. The Labute approximate surface area is 166 Å². The summed E-state index contributed by atoms with van der Waals surface area (Å²) in [7, 11) is 0. The smallest absolute Gasteiger partial charge is 0.340 e. The van der Waals surface area contributed by atoms with Crippen molar-refractivity contribution in [3.05, 3.63) is 44.4 Å². The highest BCUT2D eigenvalue weighted by Crippen LogP contribution is 2.20. The fourth-order valence-electron chi connectivity index (χ4n) is 2.65. The standard InChI is InChI=1S/C19H22N2O6S/c1-5-26-19(25)17-12(4)21-11(3)16(17)13(22)9-27-15(23)8-20-18(24)14-7-6-10(2)28-14/h6-7,21H,5,8-9H2,1-4H3,(H,20,24). The molecule has 0 aliphatic carbocycles. The number of aromatic nitrogens is 1. The molecule has 2 N–H and O–H groups in total. The van der Waals surface area contributed by atoms with Gasteiger partial charge in [-0.3, -0.25) is 14.4 Å². The van der Waals surface area contributed by atoms with Gasteiger partial charge in [0.1, 0.15) is 6.54 Å². The van der Waals surface area contributed by atoms with Gasteiger partial charge < -0.3 is 19.8 Å². The molecule has 2 heterocycles. The van der Waals surface area contributed by atoms with Crippen LogP contribution in [0.4, 0.5) is 0 Å². The third-order valence-corrected chi connectivity index (χ3v) is 4.85. The van der Waals surface area contributed by atoms with Crippen molar-refractivity contribution in [2.24, 2.45) is 0 Å². The van der Waals surface area contributed by atoms with Gasteiger partial charge >= 0.3 is 11.9 Å². The first-order chi connectivity index (χ1) is 13.2. The van der Waals surface area contributed by atoms with Crippen molar-refractivity contribution in [3.8, 4) is 0 Å². The van der Waals surface area contributed by atoms with Crippen molar-refractivity contribution in [1.82, 2.24) is 10.3 Å². The number of hydrogen-bond donors (Lipinski definition) is 2. The Morgan fingerprint density at radius 1 is 1.04 bits per heavy atom. The second-order valence-electron chi connectivity index (χ2n) is 6.02. The number of aryl methyl sites for hydroxylation is 3. The van der Waals surface area contributed by atoms with E-state index in [0.717, 1.165) is 4.88 Å². The Kier molecular flexibility index (Phi) is 7.11. The molecule has 0 bridgehead atoms. The van der Waals surface area contributed by atoms with Gasteiger partial charge in [0.2, 0.25) is 5.78 Å². The molecule has 0 unspecified atom stereocenters. The van der Waals surface area contributed by atoms with Crippen LogP contribution >= 0.6 is 11.3 Å². The van der Waals surface area contributed by atoms with Crippen molar-refractivity contribution < 1.29 is 28.7 Å². The van der Waals surface area contributed by atoms with Gasteiger partial charge in [0.05, 0.1) is 22.6 Å². The number of rotatable bonds is 8. The summed E-state index contributed by atoms with van der Waals surface area (Å²) in [5.74, 6) is -2.28. The largest absolute Gasteiger partial charge is 0.462 e. The molecule has 150 valence electrons. The van der Waals surface area contributed by atoms with Gasteiger partial charge in [0.15, 0.2) is 6.61 Å². The predicted octanol–water partition coefficient (Wildman–Crippen LogP) is 2.33. The maximum atomic E-state index is 12.5. The van der Waals surface area contributed by atoms with Crippen molar-refractivity contribution in [2.45, 2.75) is 27.7 Å². The number of ketones is 1. The number of H-pyrrole nitrogens is 1. The van der Waals surface area contributed by atoms with Crippen molar-refractivity contribution in [1.29, 1.82) is 0 Å². The number of amides is 1. The highest BCUT2D eigenvalue weighted by molar-refractivity contribution is 7.13. The van der Waals surface area contributed by atoms with Crippen molar-refractivity contribution in [2.75, 3.05) is 19.8 Å². The Balaban J connectivity index is 1.94. The van der Waals surface area contributed by atoms with E-state index in [1.54, 1.807) is 32.9 Å². The summed E-state index contributed by atoms with van der Waals surface area (Å²) in [6.07, 6.45) is 0. The van der Waals surface area contributed by atoms with E-state index >= 15 is 0 Å². The van der Waals surface area contributed by atoms with Crippen LogP contribution in [0.15, 0.2) is 12.1 Å². The number of thiophene rings is 1. The summed E-state index contributed by atoms with van der Waals surface area (Å²) in [6.45, 7) is 6.11. The molecule has 0 fully saturated rings. The van der Waals surface area contributed by atoms with E-state index in [1.807, 2.05) is 6.92 Å². The first-order valence-corrected chi connectivity index (χ1v) is 9.46. The lowest BCUT2D eigenvalue weighted by Crippen LogP contribution is -2.31. The number of carbonyl (C=O) groups excluding carboxylic acids is 4. The number of aromatic amines is 1. The van der Waals surface area contributed by atoms with Gasteiger partial charge in [-0.15, -0.1) is 11.3 Å². The topological polar surface area (TPSA) is 115 Å². The van der Waals surface area contributed by atoms with E-state index in [9.17, 15) is 19.2 Å². The van der Waals surface area contributed by atoms with Crippen LogP contribution in [-0.4, -0.2) is 48.4 Å². The quantitative estimate of drug-likeness (QED) is 0.514. The van der Waals surface area contributed by atoms with E-state index < -0.39 is 24.3 Å². The van der Waals surface area contributed by atoms with E-state index in [0.29, 0.717) is 16.3 Å². The molecule has 1 amide bonds. The van der Waals surface area contributed by atoms with Gasteiger partial charge in [-0.2, -0.15) is 0 Å². The third-order valence-electron chi connectivity index (χ3n) is 3.86. The van der Waals surface area contributed by atoms with Crippen LogP contribution < -0.4 is 5.32 Å². The summed E-state index contributed by atoms with van der Waals surface area (Å²) in [6, 6.07) is 3.47. The maximum Gasteiger partial charge on any atom is 0.340 e. The number of carbonyl (C=O) groups is 4. The van der Waals surface area contributed by atoms with Gasteiger partial charge in [-0.1, -0.05) is 0 Å². The second kappa shape index (κ2) is 9.32. The molecule has 8 nitrogen and oxygen atoms in total. The molecule has 0 aromatic carbocycles. The Bertz CT molecular complexity index is 912. The average molecular weight is 406 g/mol. The third kappa shape index (κ3) is 5.07. The van der Waals surface area contributed by atoms with Gasteiger partial charge in [-0.25, -0.2) is 4.79 Å². The van der Waals surface area contributed by atoms with Crippen LogP contribution in [0.3, 0.4) is 0 Å². The summed E-state index contributed by atoms with van der Waals surface area (Å²) >= 11 is 1.31. The molecule has 0 saturated heterocycles. The van der Waals surface area contributed by atoms with Crippen LogP contribution in [0, 0.1) is 20.8 Å². The van der Waals surface area contributed by atoms with Crippen LogP contribution in [-0.2, 0) is 14.3 Å². The molecular weight excluding hydrogens is 384 g/mol. The monoisotopic (exact) mass is 406 g/mol. The fourth-order valence-corrected chi connectivity index (χ4v) is 3.44. The highest BCUT2D eigenvalue weighted by atomic mass is 32.1. The lowest BCUT2D eigenvalue weighted by Gasteiger charge is -2.07. The first kappa shape index (κ1) is 21.4. The molecule has 0 saturated carbocycles. The average Bonchev–Trinajstić information content (AvgIpc) is 3.20. The van der Waals surface area contributed by atoms with Gasteiger partial charge in [0, 0.05) is 16.3 Å². The molecule has 0 radical (unpaired) electrons. The van der Waals surface area contributed by atoms with E-state index in [4.69, 9.17) is 9.47 Å². The summed E-state index contributed by atoms with van der Waals surface area (Å²) < 4.78 is 9.92. The minimum atomic E-state index is -0.752.